The molecule has 0 aromatic carbocycles. The summed E-state index contributed by atoms with van der Waals surface area (Å²) in [4.78, 5) is 22.1. The number of aromatic nitrogens is 2. The lowest BCUT2D eigenvalue weighted by molar-refractivity contribution is 0.0119. The van der Waals surface area contributed by atoms with Crippen molar-refractivity contribution in [3.8, 4) is 6.01 Å². The van der Waals surface area contributed by atoms with Gasteiger partial charge in [-0.25, -0.2) is 14.8 Å². The van der Waals surface area contributed by atoms with E-state index >= 15 is 0 Å². The van der Waals surface area contributed by atoms with Gasteiger partial charge in [0.1, 0.15) is 11.7 Å². The Kier molecular flexibility index (Phi) is 5.76. The number of amides is 1. The van der Waals surface area contributed by atoms with E-state index in [-0.39, 0.29) is 12.2 Å². The van der Waals surface area contributed by atoms with Crippen LogP contribution in [-0.4, -0.2) is 52.3 Å². The van der Waals surface area contributed by atoms with Crippen molar-refractivity contribution in [2.75, 3.05) is 19.6 Å². The van der Waals surface area contributed by atoms with E-state index in [2.05, 4.69) is 9.97 Å². The summed E-state index contributed by atoms with van der Waals surface area (Å²) in [5.41, 5.74) is 6.03. The molecule has 1 aliphatic rings. The summed E-state index contributed by atoms with van der Waals surface area (Å²) in [5.74, 6) is 0. The summed E-state index contributed by atoms with van der Waals surface area (Å²) >= 11 is 0. The number of ether oxygens (including phenoxy) is 2. The first-order chi connectivity index (χ1) is 10.9. The summed E-state index contributed by atoms with van der Waals surface area (Å²) in [6.45, 7) is 7.41. The van der Waals surface area contributed by atoms with Gasteiger partial charge in [0, 0.05) is 38.3 Å². The van der Waals surface area contributed by atoms with Crippen LogP contribution in [0.1, 0.15) is 39.2 Å². The fourth-order valence-corrected chi connectivity index (χ4v) is 2.33. The molecule has 1 aromatic rings. The monoisotopic (exact) mass is 322 g/mol. The molecule has 1 amide bonds. The minimum Gasteiger partial charge on any atom is -0.460 e. The smallest absolute Gasteiger partial charge is 0.410 e. The van der Waals surface area contributed by atoms with Gasteiger partial charge in [0.2, 0.25) is 0 Å². The highest BCUT2D eigenvalue weighted by Gasteiger charge is 2.27. The predicted octanol–water partition coefficient (Wildman–Crippen LogP) is 1.76. The van der Waals surface area contributed by atoms with Gasteiger partial charge in [-0.3, -0.25) is 0 Å². The van der Waals surface area contributed by atoms with E-state index in [0.717, 1.165) is 24.8 Å². The molecule has 0 atom stereocenters. The lowest BCUT2D eigenvalue weighted by atomic mass is 10.1. The van der Waals surface area contributed by atoms with Crippen LogP contribution in [0.3, 0.4) is 0 Å². The Labute approximate surface area is 137 Å². The maximum absolute atomic E-state index is 12.0. The molecule has 7 nitrogen and oxygen atoms in total. The Hall–Kier alpha value is -1.89. The summed E-state index contributed by atoms with van der Waals surface area (Å²) in [5, 5.41) is 0. The van der Waals surface area contributed by atoms with Gasteiger partial charge in [-0.1, -0.05) is 0 Å². The highest BCUT2D eigenvalue weighted by molar-refractivity contribution is 5.68. The van der Waals surface area contributed by atoms with Crippen LogP contribution >= 0.6 is 0 Å². The van der Waals surface area contributed by atoms with E-state index in [1.807, 2.05) is 20.8 Å². The maximum atomic E-state index is 12.0. The SMILES string of the molecule is CC(C)(C)OC(=O)N1CCC(Oc2ncc(CCN)cn2)CC1. The average molecular weight is 322 g/mol. The molecule has 128 valence electrons. The number of nitrogens with zero attached hydrogens (tertiary/aromatic N) is 3. The molecule has 2 N–H and O–H groups in total. The fourth-order valence-electron chi connectivity index (χ4n) is 2.33. The largest absolute Gasteiger partial charge is 0.460 e. The van der Waals surface area contributed by atoms with E-state index in [1.165, 1.54) is 0 Å². The van der Waals surface area contributed by atoms with Gasteiger partial charge < -0.3 is 20.1 Å². The Morgan fingerprint density at radius 3 is 2.43 bits per heavy atom. The Balaban J connectivity index is 1.79. The number of hydrogen-bond acceptors (Lipinski definition) is 6. The number of carbonyl (C=O) groups is 1. The molecule has 0 spiro atoms. The quantitative estimate of drug-likeness (QED) is 0.908. The topological polar surface area (TPSA) is 90.6 Å². The summed E-state index contributed by atoms with van der Waals surface area (Å²) in [6, 6.07) is 0.376. The van der Waals surface area contributed by atoms with Crippen molar-refractivity contribution < 1.29 is 14.3 Å². The van der Waals surface area contributed by atoms with Crippen LogP contribution in [0, 0.1) is 0 Å². The van der Waals surface area contributed by atoms with E-state index in [1.54, 1.807) is 17.3 Å². The second-order valence-corrected chi connectivity index (χ2v) is 6.70. The van der Waals surface area contributed by atoms with Gasteiger partial charge in [-0.05, 0) is 39.3 Å². The molecule has 1 fully saturated rings. The van der Waals surface area contributed by atoms with Crippen molar-refractivity contribution in [1.29, 1.82) is 0 Å². The van der Waals surface area contributed by atoms with Crippen molar-refractivity contribution in [2.45, 2.75) is 51.7 Å². The van der Waals surface area contributed by atoms with E-state index < -0.39 is 5.60 Å². The van der Waals surface area contributed by atoms with Crippen LogP contribution in [0.2, 0.25) is 0 Å². The number of rotatable bonds is 4. The molecule has 2 rings (SSSR count). The van der Waals surface area contributed by atoms with Crippen LogP contribution in [-0.2, 0) is 11.2 Å². The van der Waals surface area contributed by atoms with E-state index in [0.29, 0.717) is 25.6 Å². The number of piperidine rings is 1. The second-order valence-electron chi connectivity index (χ2n) is 6.70. The van der Waals surface area contributed by atoms with Crippen molar-refractivity contribution in [2.24, 2.45) is 5.73 Å². The lowest BCUT2D eigenvalue weighted by Gasteiger charge is -2.33. The zero-order chi connectivity index (χ0) is 16.9. The molecule has 7 heteroatoms. The van der Waals surface area contributed by atoms with Crippen molar-refractivity contribution in [1.82, 2.24) is 14.9 Å². The van der Waals surface area contributed by atoms with Gasteiger partial charge in [-0.2, -0.15) is 0 Å². The first-order valence-corrected chi connectivity index (χ1v) is 8.03. The highest BCUT2D eigenvalue weighted by Crippen LogP contribution is 2.18. The van der Waals surface area contributed by atoms with Crippen molar-refractivity contribution in [3.05, 3.63) is 18.0 Å². The van der Waals surface area contributed by atoms with Crippen LogP contribution in [0.5, 0.6) is 6.01 Å². The van der Waals surface area contributed by atoms with Crippen molar-refractivity contribution in [3.63, 3.8) is 0 Å². The molecule has 1 aliphatic heterocycles. The van der Waals surface area contributed by atoms with Gasteiger partial charge in [-0.15, -0.1) is 0 Å². The third-order valence-electron chi connectivity index (χ3n) is 3.48. The minimum atomic E-state index is -0.469. The van der Waals surface area contributed by atoms with Crippen LogP contribution < -0.4 is 10.5 Å². The Morgan fingerprint density at radius 1 is 1.30 bits per heavy atom. The third kappa shape index (κ3) is 5.67. The third-order valence-corrected chi connectivity index (χ3v) is 3.48. The molecule has 2 heterocycles. The number of carbonyl (C=O) groups excluding carboxylic acids is 1. The number of nitrogens with two attached hydrogens (primary N) is 1. The zero-order valence-electron chi connectivity index (χ0n) is 14.1. The number of likely N-dealkylation sites (tertiary alicyclic amines) is 1. The molecular weight excluding hydrogens is 296 g/mol. The first kappa shape index (κ1) is 17.5. The molecule has 0 saturated carbocycles. The predicted molar refractivity (Wildman–Crippen MR) is 86.2 cm³/mol. The van der Waals surface area contributed by atoms with Crippen LogP contribution in [0.15, 0.2) is 12.4 Å². The molecule has 1 saturated heterocycles. The lowest BCUT2D eigenvalue weighted by Crippen LogP contribution is -2.44. The molecule has 0 aliphatic carbocycles. The van der Waals surface area contributed by atoms with Gasteiger partial charge in [0.25, 0.3) is 0 Å². The summed E-state index contributed by atoms with van der Waals surface area (Å²) in [7, 11) is 0. The normalized spacial score (nSPS) is 16.3. The average Bonchev–Trinajstić information content (AvgIpc) is 2.48. The second kappa shape index (κ2) is 7.59. The minimum absolute atomic E-state index is 0.0223. The summed E-state index contributed by atoms with van der Waals surface area (Å²) in [6.07, 6.45) is 5.48. The standard InChI is InChI=1S/C16H26N4O3/c1-16(2,3)23-15(21)20-8-5-13(6-9-20)22-14-18-10-12(4-7-17)11-19-14/h10-11,13H,4-9,17H2,1-3H3. The number of hydrogen-bond donors (Lipinski definition) is 1. The van der Waals surface area contributed by atoms with Gasteiger partial charge >= 0.3 is 12.1 Å². The zero-order valence-corrected chi connectivity index (χ0v) is 14.1. The molecule has 23 heavy (non-hydrogen) atoms. The highest BCUT2D eigenvalue weighted by atomic mass is 16.6. The van der Waals surface area contributed by atoms with Gasteiger partial charge in [0.15, 0.2) is 0 Å². The van der Waals surface area contributed by atoms with E-state index in [9.17, 15) is 4.79 Å². The molecule has 0 bridgehead atoms. The van der Waals surface area contributed by atoms with Gasteiger partial charge in [0.05, 0.1) is 0 Å². The summed E-state index contributed by atoms with van der Waals surface area (Å²) < 4.78 is 11.2. The molecule has 0 unspecified atom stereocenters. The Bertz CT molecular complexity index is 505. The van der Waals surface area contributed by atoms with E-state index in [4.69, 9.17) is 15.2 Å². The molecule has 0 radical (unpaired) electrons. The van der Waals surface area contributed by atoms with Crippen LogP contribution in [0.25, 0.3) is 0 Å². The maximum Gasteiger partial charge on any atom is 0.410 e. The fraction of sp³-hybridized carbons (Fsp3) is 0.688. The Morgan fingerprint density at radius 2 is 1.91 bits per heavy atom. The molecule has 1 aromatic heterocycles. The first-order valence-electron chi connectivity index (χ1n) is 8.03. The van der Waals surface area contributed by atoms with Crippen LogP contribution in [0.4, 0.5) is 4.79 Å². The molecular formula is C16H26N4O3. The van der Waals surface area contributed by atoms with Crippen molar-refractivity contribution >= 4 is 6.09 Å².